The number of hydrogen-bond donors (Lipinski definition) is 5. The topological polar surface area (TPSA) is 106 Å². The number of benzene rings is 2. The van der Waals surface area contributed by atoms with E-state index in [-0.39, 0.29) is 29.9 Å². The summed E-state index contributed by atoms with van der Waals surface area (Å²) in [5.41, 5.74) is 1.47. The number of halogens is 2. The van der Waals surface area contributed by atoms with Crippen LogP contribution in [0.15, 0.2) is 47.5 Å². The fourth-order valence-electron chi connectivity index (χ4n) is 1.92. The number of carbonyl (C=O) groups excluding carboxylic acids is 1. The maximum Gasteiger partial charge on any atom is 0.344 e. The van der Waals surface area contributed by atoms with Gasteiger partial charge in [0.25, 0.3) is 0 Å². The van der Waals surface area contributed by atoms with Gasteiger partial charge in [-0.2, -0.15) is 4.99 Å². The fourth-order valence-corrected chi connectivity index (χ4v) is 2.23. The number of hydrogen-bond acceptors (Lipinski definition) is 3. The van der Waals surface area contributed by atoms with Gasteiger partial charge in [-0.25, -0.2) is 4.79 Å². The van der Waals surface area contributed by atoms with E-state index < -0.39 is 6.03 Å². The van der Waals surface area contributed by atoms with Crippen LogP contribution in [0.1, 0.15) is 5.56 Å². The van der Waals surface area contributed by atoms with Gasteiger partial charge in [-0.15, -0.1) is 0 Å². The van der Waals surface area contributed by atoms with E-state index in [9.17, 15) is 9.90 Å². The lowest BCUT2D eigenvalue weighted by molar-refractivity contribution is 0.242. The maximum absolute atomic E-state index is 11.8. The summed E-state index contributed by atoms with van der Waals surface area (Å²) < 4.78 is 0. The summed E-state index contributed by atoms with van der Waals surface area (Å²) in [5.74, 6) is 0.127. The second-order valence-electron chi connectivity index (χ2n) is 5.19. The number of guanidine groups is 1. The third-order valence-corrected chi connectivity index (χ3v) is 3.74. The second kappa shape index (κ2) is 9.86. The van der Waals surface area contributed by atoms with Crippen LogP contribution < -0.4 is 16.0 Å². The van der Waals surface area contributed by atoms with E-state index in [1.165, 1.54) is 12.1 Å². The fraction of sp³-hybridized carbons (Fsp3) is 0.176. The summed E-state index contributed by atoms with van der Waals surface area (Å²) in [4.78, 5) is 15.7. The lowest BCUT2D eigenvalue weighted by Crippen LogP contribution is -2.34. The van der Waals surface area contributed by atoms with Crippen molar-refractivity contribution >= 4 is 40.9 Å². The first-order valence-electron chi connectivity index (χ1n) is 7.69. The number of aliphatic hydroxyl groups is 1. The number of rotatable bonds is 5. The van der Waals surface area contributed by atoms with Gasteiger partial charge in [-0.05, 0) is 35.9 Å². The van der Waals surface area contributed by atoms with Gasteiger partial charge in [-0.1, -0.05) is 35.3 Å². The van der Waals surface area contributed by atoms with Crippen LogP contribution in [0.4, 0.5) is 10.5 Å². The SMILES string of the molecule is O=C(/N=C(\NCc1ccc(Cl)cc1)Nc1ccc(O)c(Cl)c1)NCCO. The zero-order valence-electron chi connectivity index (χ0n) is 13.7. The molecule has 9 heteroatoms. The van der Waals surface area contributed by atoms with Gasteiger partial charge in [0.15, 0.2) is 0 Å². The molecule has 0 spiro atoms. The molecule has 0 aliphatic carbocycles. The lowest BCUT2D eigenvalue weighted by atomic mass is 10.2. The quantitative estimate of drug-likeness (QED) is 0.303. The predicted octanol–water partition coefficient (Wildman–Crippen LogP) is 2.96. The molecule has 2 amide bonds. The highest BCUT2D eigenvalue weighted by molar-refractivity contribution is 6.32. The van der Waals surface area contributed by atoms with Gasteiger partial charge >= 0.3 is 6.03 Å². The molecule has 0 bridgehead atoms. The molecule has 0 aliphatic rings. The zero-order chi connectivity index (χ0) is 18.9. The molecule has 0 fully saturated rings. The van der Waals surface area contributed by atoms with E-state index in [1.807, 2.05) is 12.1 Å². The Morgan fingerprint density at radius 2 is 1.81 bits per heavy atom. The van der Waals surface area contributed by atoms with Crippen molar-refractivity contribution in [3.63, 3.8) is 0 Å². The van der Waals surface area contributed by atoms with E-state index in [1.54, 1.807) is 18.2 Å². The van der Waals surface area contributed by atoms with E-state index in [0.29, 0.717) is 17.3 Å². The van der Waals surface area contributed by atoms with Gasteiger partial charge in [0.2, 0.25) is 5.96 Å². The van der Waals surface area contributed by atoms with Crippen LogP contribution in [0.3, 0.4) is 0 Å². The second-order valence-corrected chi connectivity index (χ2v) is 6.03. The van der Waals surface area contributed by atoms with Crippen molar-refractivity contribution in [1.29, 1.82) is 0 Å². The number of phenolic OH excluding ortho intramolecular Hbond substituents is 1. The predicted molar refractivity (Wildman–Crippen MR) is 103 cm³/mol. The van der Waals surface area contributed by atoms with Crippen molar-refractivity contribution in [3.8, 4) is 5.75 Å². The average Bonchev–Trinajstić information content (AvgIpc) is 2.62. The molecule has 138 valence electrons. The van der Waals surface area contributed by atoms with Crippen LogP contribution in [0.25, 0.3) is 0 Å². The summed E-state index contributed by atoms with van der Waals surface area (Å²) in [6.45, 7) is 0.301. The Labute approximate surface area is 160 Å². The normalized spacial score (nSPS) is 11.1. The Kier molecular flexibility index (Phi) is 7.53. The largest absolute Gasteiger partial charge is 0.506 e. The van der Waals surface area contributed by atoms with Crippen LogP contribution in [-0.4, -0.2) is 35.4 Å². The summed E-state index contributed by atoms with van der Waals surface area (Å²) in [5, 5.41) is 27.4. The van der Waals surface area contributed by atoms with E-state index in [4.69, 9.17) is 28.3 Å². The molecule has 0 aromatic heterocycles. The number of amides is 2. The van der Waals surface area contributed by atoms with Crippen LogP contribution >= 0.6 is 23.2 Å². The third kappa shape index (κ3) is 6.44. The van der Waals surface area contributed by atoms with Gasteiger partial charge in [0, 0.05) is 23.8 Å². The summed E-state index contributed by atoms with van der Waals surface area (Å²) in [6, 6.07) is 11.1. The molecule has 0 unspecified atom stereocenters. The number of aliphatic imine (C=N–C) groups is 1. The monoisotopic (exact) mass is 396 g/mol. The molecule has 0 saturated carbocycles. The highest BCUT2D eigenvalue weighted by atomic mass is 35.5. The van der Waals surface area contributed by atoms with Gasteiger partial charge in [0.05, 0.1) is 11.6 Å². The number of nitrogens with one attached hydrogen (secondary N) is 3. The highest BCUT2D eigenvalue weighted by Gasteiger charge is 2.07. The molecule has 0 atom stereocenters. The third-order valence-electron chi connectivity index (χ3n) is 3.19. The Hall–Kier alpha value is -2.48. The molecule has 0 aliphatic heterocycles. The molecule has 26 heavy (non-hydrogen) atoms. The molecule has 2 aromatic carbocycles. The number of aromatic hydroxyl groups is 1. The standard InChI is InChI=1S/C17H18Cl2N4O3/c18-12-3-1-11(2-4-12)10-21-16(23-17(26)20-7-8-24)22-13-5-6-15(25)14(19)9-13/h1-6,9,24-25H,7-8,10H2,(H3,20,21,22,23,26). The van der Waals surface area contributed by atoms with E-state index in [0.717, 1.165) is 5.56 Å². The van der Waals surface area contributed by atoms with E-state index >= 15 is 0 Å². The Balaban J connectivity index is 2.11. The molecule has 2 aromatic rings. The number of urea groups is 1. The minimum atomic E-state index is -0.616. The maximum atomic E-state index is 11.8. The lowest BCUT2D eigenvalue weighted by Gasteiger charge is -2.13. The molecule has 0 radical (unpaired) electrons. The minimum Gasteiger partial charge on any atom is -0.506 e. The molecular weight excluding hydrogens is 379 g/mol. The van der Waals surface area contributed by atoms with Crippen molar-refractivity contribution in [3.05, 3.63) is 58.1 Å². The first-order chi connectivity index (χ1) is 12.5. The van der Waals surface area contributed by atoms with Crippen molar-refractivity contribution in [2.45, 2.75) is 6.54 Å². The van der Waals surface area contributed by atoms with Crippen molar-refractivity contribution in [2.75, 3.05) is 18.5 Å². The van der Waals surface area contributed by atoms with Crippen molar-refractivity contribution in [1.82, 2.24) is 10.6 Å². The molecule has 0 saturated heterocycles. The zero-order valence-corrected chi connectivity index (χ0v) is 15.2. The minimum absolute atomic E-state index is 0.0504. The van der Waals surface area contributed by atoms with Crippen LogP contribution in [0.2, 0.25) is 10.0 Å². The number of carbonyl (C=O) groups is 1. The van der Waals surface area contributed by atoms with Gasteiger partial charge in [0.1, 0.15) is 5.75 Å². The number of anilines is 1. The van der Waals surface area contributed by atoms with Gasteiger partial charge in [-0.3, -0.25) is 0 Å². The number of nitrogens with zero attached hydrogens (tertiary/aromatic N) is 1. The smallest absolute Gasteiger partial charge is 0.344 e. The molecule has 2 rings (SSSR count). The van der Waals surface area contributed by atoms with Crippen molar-refractivity contribution in [2.24, 2.45) is 4.99 Å². The Morgan fingerprint density at radius 1 is 1.08 bits per heavy atom. The first kappa shape index (κ1) is 19.8. The van der Waals surface area contributed by atoms with Gasteiger partial charge < -0.3 is 26.2 Å². The number of phenols is 1. The van der Waals surface area contributed by atoms with E-state index in [2.05, 4.69) is 20.9 Å². The van der Waals surface area contributed by atoms with Crippen LogP contribution in [0, 0.1) is 0 Å². The summed E-state index contributed by atoms with van der Waals surface area (Å²) in [7, 11) is 0. The highest BCUT2D eigenvalue weighted by Crippen LogP contribution is 2.26. The average molecular weight is 397 g/mol. The summed E-state index contributed by atoms with van der Waals surface area (Å²) >= 11 is 11.8. The molecule has 5 N–H and O–H groups in total. The molecule has 0 heterocycles. The van der Waals surface area contributed by atoms with Crippen LogP contribution in [0.5, 0.6) is 5.75 Å². The number of aliphatic hydroxyl groups excluding tert-OH is 1. The molecule has 7 nitrogen and oxygen atoms in total. The Bertz CT molecular complexity index is 782. The Morgan fingerprint density at radius 3 is 2.46 bits per heavy atom. The first-order valence-corrected chi connectivity index (χ1v) is 8.45. The summed E-state index contributed by atoms with van der Waals surface area (Å²) in [6.07, 6.45) is 0. The van der Waals surface area contributed by atoms with Crippen molar-refractivity contribution < 1.29 is 15.0 Å². The van der Waals surface area contributed by atoms with Crippen LogP contribution in [-0.2, 0) is 6.54 Å². The molecular formula is C17H18Cl2N4O3.